The molecule has 60 valence electrons. The van der Waals surface area contributed by atoms with Crippen LogP contribution < -0.4 is 4.46 Å². The van der Waals surface area contributed by atoms with Gasteiger partial charge >= 0.3 is 70.1 Å². The molecule has 0 aliphatic rings. The Morgan fingerprint density at radius 3 is 2.55 bits per heavy atom. The van der Waals surface area contributed by atoms with E-state index in [1.54, 1.807) is 0 Å². The van der Waals surface area contributed by atoms with Gasteiger partial charge in [0.25, 0.3) is 0 Å². The van der Waals surface area contributed by atoms with Crippen molar-refractivity contribution >= 4 is 18.6 Å². The Labute approximate surface area is 70.6 Å². The van der Waals surface area contributed by atoms with Gasteiger partial charge in [0.1, 0.15) is 0 Å². The predicted octanol–water partition coefficient (Wildman–Crippen LogP) is 0.849. The Hall–Kier alpha value is -0.501. The second kappa shape index (κ2) is 4.39. The molecule has 0 heterocycles. The second-order valence-electron chi connectivity index (χ2n) is 1.95. The molecule has 1 unspecified atom stereocenters. The monoisotopic (exact) mass is 218 g/mol. The minimum atomic E-state index is -2.18. The van der Waals surface area contributed by atoms with Crippen LogP contribution in [-0.4, -0.2) is 20.8 Å². The fourth-order valence-corrected chi connectivity index (χ4v) is 2.24. The molecule has 1 rings (SSSR count). The zero-order valence-corrected chi connectivity index (χ0v) is 8.03. The summed E-state index contributed by atoms with van der Waals surface area (Å²) in [5, 5.41) is 0. The number of benzene rings is 1. The average molecular weight is 217 g/mol. The van der Waals surface area contributed by atoms with E-state index >= 15 is 0 Å². The van der Waals surface area contributed by atoms with Crippen LogP contribution in [0.25, 0.3) is 0 Å². The van der Waals surface area contributed by atoms with Gasteiger partial charge in [-0.2, -0.15) is 0 Å². The van der Waals surface area contributed by atoms with Gasteiger partial charge in [0.05, 0.1) is 0 Å². The number of hydrogen-bond acceptors (Lipinski definition) is 2. The van der Waals surface area contributed by atoms with Gasteiger partial charge < -0.3 is 0 Å². The fourth-order valence-electron chi connectivity index (χ4n) is 0.707. The molecule has 0 N–H and O–H groups in total. The molecule has 0 aliphatic heterocycles. The van der Waals surface area contributed by atoms with Gasteiger partial charge in [-0.3, -0.25) is 0 Å². The summed E-state index contributed by atoms with van der Waals surface area (Å²) in [5.41, 5.74) is 0. The third-order valence-electron chi connectivity index (χ3n) is 1.16. The summed E-state index contributed by atoms with van der Waals surface area (Å²) in [4.78, 5) is 0. The van der Waals surface area contributed by atoms with Crippen molar-refractivity contribution in [1.82, 2.24) is 0 Å². The Morgan fingerprint density at radius 1 is 1.36 bits per heavy atom. The molecule has 0 radical (unpaired) electrons. The summed E-state index contributed by atoms with van der Waals surface area (Å²) in [6, 6.07) is 9.28. The molecule has 1 aromatic carbocycles. The Kier molecular flexibility index (Phi) is 3.43. The fraction of sp³-hybridized carbons (Fsp3) is 0.250. The molecule has 3 heteroatoms. The molecule has 0 fully saturated rings. The molecule has 0 aromatic heterocycles. The van der Waals surface area contributed by atoms with E-state index in [1.807, 2.05) is 37.3 Å². The van der Waals surface area contributed by atoms with Crippen LogP contribution in [0.2, 0.25) is 0 Å². The Balaban J connectivity index is 2.69. The summed E-state index contributed by atoms with van der Waals surface area (Å²) in [6.45, 7) is 2.36. The Bertz CT molecular complexity index is 233. The first-order valence-corrected chi connectivity index (χ1v) is 5.70. The normalized spacial score (nSPS) is 12.8. The molecule has 1 aromatic rings. The van der Waals surface area contributed by atoms with Gasteiger partial charge in [-0.05, 0) is 0 Å². The third kappa shape index (κ3) is 2.54. The van der Waals surface area contributed by atoms with Crippen molar-refractivity contribution < 1.29 is 7.65 Å². The molecule has 2 nitrogen and oxygen atoms in total. The van der Waals surface area contributed by atoms with Gasteiger partial charge in [0.15, 0.2) is 0 Å². The second-order valence-corrected chi connectivity index (χ2v) is 4.42. The van der Waals surface area contributed by atoms with Crippen molar-refractivity contribution in [2.75, 3.05) is 6.61 Å². The first kappa shape index (κ1) is 8.59. The molecule has 0 saturated carbocycles. The van der Waals surface area contributed by atoms with Crippen molar-refractivity contribution in [3.05, 3.63) is 30.3 Å². The minimum absolute atomic E-state index is 0.517. The van der Waals surface area contributed by atoms with Crippen molar-refractivity contribution in [3.63, 3.8) is 0 Å². The van der Waals surface area contributed by atoms with E-state index < -0.39 is 14.2 Å². The summed E-state index contributed by atoms with van der Waals surface area (Å²) in [7, 11) is 0. The van der Waals surface area contributed by atoms with E-state index in [4.69, 9.17) is 3.82 Å². The quantitative estimate of drug-likeness (QED) is 0.701. The van der Waals surface area contributed by atoms with E-state index in [1.165, 1.54) is 0 Å². The van der Waals surface area contributed by atoms with Crippen LogP contribution in [0, 0.1) is 0 Å². The Morgan fingerprint density at radius 2 is 2.00 bits per heavy atom. The molecule has 1 atom stereocenters. The van der Waals surface area contributed by atoms with Crippen molar-refractivity contribution in [3.8, 4) is 0 Å². The third-order valence-corrected chi connectivity index (χ3v) is 3.48. The van der Waals surface area contributed by atoms with Gasteiger partial charge in [-0.15, -0.1) is 0 Å². The first-order valence-electron chi connectivity index (χ1n) is 3.44. The van der Waals surface area contributed by atoms with Crippen LogP contribution in [0.5, 0.6) is 0 Å². The molecule has 0 amide bonds. The van der Waals surface area contributed by atoms with Crippen LogP contribution >= 0.6 is 0 Å². The SMILES string of the molecule is CCO[Se](=O)c1ccccc1. The average Bonchev–Trinajstić information content (AvgIpc) is 2.07. The van der Waals surface area contributed by atoms with Crippen LogP contribution in [-0.2, 0) is 7.65 Å². The molecule has 0 aliphatic carbocycles. The number of rotatable bonds is 3. The maximum atomic E-state index is 11.2. The molecule has 0 saturated heterocycles. The maximum absolute atomic E-state index is 11.2. The van der Waals surface area contributed by atoms with Crippen molar-refractivity contribution in [1.29, 1.82) is 0 Å². The van der Waals surface area contributed by atoms with Crippen LogP contribution in [0.3, 0.4) is 0 Å². The molecular weight excluding hydrogens is 207 g/mol. The summed E-state index contributed by atoms with van der Waals surface area (Å²) in [5.74, 6) is 0. The summed E-state index contributed by atoms with van der Waals surface area (Å²) in [6.07, 6.45) is 0. The first-order chi connectivity index (χ1) is 5.34. The van der Waals surface area contributed by atoms with Crippen LogP contribution in [0.15, 0.2) is 30.3 Å². The zero-order chi connectivity index (χ0) is 8.10. The van der Waals surface area contributed by atoms with Crippen LogP contribution in [0.1, 0.15) is 6.92 Å². The zero-order valence-electron chi connectivity index (χ0n) is 6.32. The summed E-state index contributed by atoms with van der Waals surface area (Å²) < 4.78 is 17.0. The number of hydrogen-bond donors (Lipinski definition) is 0. The van der Waals surface area contributed by atoms with Crippen molar-refractivity contribution in [2.24, 2.45) is 0 Å². The molecular formula is C8H10O2Se. The topological polar surface area (TPSA) is 26.3 Å². The molecule has 0 bridgehead atoms. The van der Waals surface area contributed by atoms with Crippen LogP contribution in [0.4, 0.5) is 0 Å². The van der Waals surface area contributed by atoms with Gasteiger partial charge in [-0.1, -0.05) is 0 Å². The molecule has 11 heavy (non-hydrogen) atoms. The van der Waals surface area contributed by atoms with Crippen molar-refractivity contribution in [2.45, 2.75) is 6.92 Å². The van der Waals surface area contributed by atoms with Gasteiger partial charge in [0, 0.05) is 0 Å². The van der Waals surface area contributed by atoms with E-state index in [9.17, 15) is 3.83 Å². The van der Waals surface area contributed by atoms with Gasteiger partial charge in [-0.25, -0.2) is 0 Å². The predicted molar refractivity (Wildman–Crippen MR) is 44.1 cm³/mol. The molecule has 0 spiro atoms. The van der Waals surface area contributed by atoms with E-state index in [0.717, 1.165) is 4.46 Å². The summed E-state index contributed by atoms with van der Waals surface area (Å²) >= 11 is -2.18. The van der Waals surface area contributed by atoms with E-state index in [-0.39, 0.29) is 0 Å². The van der Waals surface area contributed by atoms with Gasteiger partial charge in [0.2, 0.25) is 0 Å². The van der Waals surface area contributed by atoms with E-state index in [0.29, 0.717) is 6.61 Å². The van der Waals surface area contributed by atoms with E-state index in [2.05, 4.69) is 0 Å². The standard InChI is InChI=1S/C8H10O2Se/c1-2-10-11(9)8-6-4-3-5-7-8/h3-7H,2H2,1H3.